The maximum absolute atomic E-state index is 4.63. The standard InChI is InChI=1S/C12H20N4S/c1-3-4-13-12-14-9-10(2)11(15-12)16-5-7-17-8-6-16/h9H,3-8H2,1-2H3,(H,13,14,15). The van der Waals surface area contributed by atoms with Crippen LogP contribution in [0.2, 0.25) is 0 Å². The number of nitrogens with one attached hydrogen (secondary N) is 1. The zero-order valence-electron chi connectivity index (χ0n) is 10.6. The first-order valence-corrected chi connectivity index (χ1v) is 7.37. The predicted molar refractivity (Wildman–Crippen MR) is 75.1 cm³/mol. The van der Waals surface area contributed by atoms with Crippen LogP contribution in [0.3, 0.4) is 0 Å². The van der Waals surface area contributed by atoms with E-state index in [-0.39, 0.29) is 0 Å². The van der Waals surface area contributed by atoms with Crippen molar-refractivity contribution in [2.24, 2.45) is 0 Å². The maximum Gasteiger partial charge on any atom is 0.224 e. The average Bonchev–Trinajstić information content (AvgIpc) is 2.39. The minimum absolute atomic E-state index is 0.755. The molecule has 4 nitrogen and oxygen atoms in total. The van der Waals surface area contributed by atoms with Gasteiger partial charge in [0.1, 0.15) is 5.82 Å². The van der Waals surface area contributed by atoms with E-state index in [4.69, 9.17) is 0 Å². The highest BCUT2D eigenvalue weighted by molar-refractivity contribution is 7.99. The molecule has 0 saturated carbocycles. The quantitative estimate of drug-likeness (QED) is 0.889. The van der Waals surface area contributed by atoms with Crippen molar-refractivity contribution in [1.82, 2.24) is 9.97 Å². The smallest absolute Gasteiger partial charge is 0.224 e. The van der Waals surface area contributed by atoms with Crippen LogP contribution < -0.4 is 10.2 Å². The van der Waals surface area contributed by atoms with Crippen LogP contribution in [0.15, 0.2) is 6.20 Å². The van der Waals surface area contributed by atoms with Crippen LogP contribution in [0.25, 0.3) is 0 Å². The molecule has 1 aromatic rings. The molecule has 0 atom stereocenters. The Morgan fingerprint density at radius 2 is 2.18 bits per heavy atom. The molecule has 0 bridgehead atoms. The predicted octanol–water partition coefficient (Wildman–Crippen LogP) is 2.16. The van der Waals surface area contributed by atoms with Gasteiger partial charge >= 0.3 is 0 Å². The summed E-state index contributed by atoms with van der Waals surface area (Å²) in [6.07, 6.45) is 3.01. The molecule has 1 saturated heterocycles. The Labute approximate surface area is 107 Å². The molecular weight excluding hydrogens is 232 g/mol. The molecule has 1 aliphatic rings. The Kier molecular flexibility index (Phi) is 4.48. The first-order chi connectivity index (χ1) is 8.31. The Morgan fingerprint density at radius 3 is 2.88 bits per heavy atom. The average molecular weight is 252 g/mol. The fraction of sp³-hybridized carbons (Fsp3) is 0.667. The van der Waals surface area contributed by atoms with Crippen LogP contribution in [-0.4, -0.2) is 41.1 Å². The number of thioether (sulfide) groups is 1. The highest BCUT2D eigenvalue weighted by atomic mass is 32.2. The summed E-state index contributed by atoms with van der Waals surface area (Å²) in [5.41, 5.74) is 1.17. The van der Waals surface area contributed by atoms with Crippen LogP contribution in [0, 0.1) is 6.92 Å². The molecule has 0 aliphatic carbocycles. The summed E-state index contributed by atoms with van der Waals surface area (Å²) in [6, 6.07) is 0. The van der Waals surface area contributed by atoms with E-state index in [9.17, 15) is 0 Å². The molecule has 0 radical (unpaired) electrons. The lowest BCUT2D eigenvalue weighted by Crippen LogP contribution is -2.33. The SMILES string of the molecule is CCCNc1ncc(C)c(N2CCSCC2)n1. The third-order valence-electron chi connectivity index (χ3n) is 2.79. The van der Waals surface area contributed by atoms with Crippen LogP contribution >= 0.6 is 11.8 Å². The molecule has 0 unspecified atom stereocenters. The number of anilines is 2. The zero-order valence-corrected chi connectivity index (χ0v) is 11.4. The van der Waals surface area contributed by atoms with Crippen LogP contribution in [-0.2, 0) is 0 Å². The minimum atomic E-state index is 0.755. The Bertz CT molecular complexity index is 364. The van der Waals surface area contributed by atoms with Gasteiger partial charge in [0, 0.05) is 42.9 Å². The summed E-state index contributed by atoms with van der Waals surface area (Å²) in [5.74, 6) is 4.24. The topological polar surface area (TPSA) is 41.1 Å². The lowest BCUT2D eigenvalue weighted by Gasteiger charge is -2.28. The van der Waals surface area contributed by atoms with Crippen LogP contribution in [0.5, 0.6) is 0 Å². The normalized spacial score (nSPS) is 16.0. The van der Waals surface area contributed by atoms with Gasteiger partial charge in [-0.2, -0.15) is 16.7 Å². The van der Waals surface area contributed by atoms with Crippen molar-refractivity contribution in [1.29, 1.82) is 0 Å². The highest BCUT2D eigenvalue weighted by Gasteiger charge is 2.15. The molecule has 94 valence electrons. The van der Waals surface area contributed by atoms with Crippen molar-refractivity contribution in [2.45, 2.75) is 20.3 Å². The van der Waals surface area contributed by atoms with E-state index >= 15 is 0 Å². The minimum Gasteiger partial charge on any atom is -0.355 e. The fourth-order valence-corrected chi connectivity index (χ4v) is 2.75. The molecule has 5 heteroatoms. The van der Waals surface area contributed by atoms with Gasteiger partial charge in [-0.05, 0) is 13.3 Å². The summed E-state index contributed by atoms with van der Waals surface area (Å²) in [4.78, 5) is 11.3. The van der Waals surface area contributed by atoms with Gasteiger partial charge in [0.2, 0.25) is 5.95 Å². The summed E-state index contributed by atoms with van der Waals surface area (Å²) in [7, 11) is 0. The molecule has 0 spiro atoms. The number of aromatic nitrogens is 2. The van der Waals surface area contributed by atoms with Crippen molar-refractivity contribution in [3.8, 4) is 0 Å². The van der Waals surface area contributed by atoms with Crippen molar-refractivity contribution in [3.05, 3.63) is 11.8 Å². The van der Waals surface area contributed by atoms with Gasteiger partial charge in [0.25, 0.3) is 0 Å². The van der Waals surface area contributed by atoms with Gasteiger partial charge in [-0.15, -0.1) is 0 Å². The van der Waals surface area contributed by atoms with Crippen LogP contribution in [0.1, 0.15) is 18.9 Å². The maximum atomic E-state index is 4.63. The third-order valence-corrected chi connectivity index (χ3v) is 3.73. The monoisotopic (exact) mass is 252 g/mol. The summed E-state index contributed by atoms with van der Waals surface area (Å²) >= 11 is 2.02. The van der Waals surface area contributed by atoms with Crippen molar-refractivity contribution in [2.75, 3.05) is 41.4 Å². The number of aryl methyl sites for hydroxylation is 1. The number of nitrogens with zero attached hydrogens (tertiary/aromatic N) is 3. The fourth-order valence-electron chi connectivity index (χ4n) is 1.85. The second-order valence-corrected chi connectivity index (χ2v) is 5.45. The number of hydrogen-bond acceptors (Lipinski definition) is 5. The van der Waals surface area contributed by atoms with Gasteiger partial charge in [-0.1, -0.05) is 6.92 Å². The van der Waals surface area contributed by atoms with Crippen LogP contribution in [0.4, 0.5) is 11.8 Å². The van der Waals surface area contributed by atoms with Gasteiger partial charge in [0.05, 0.1) is 0 Å². The molecule has 0 aromatic carbocycles. The van der Waals surface area contributed by atoms with E-state index in [1.165, 1.54) is 17.1 Å². The summed E-state index contributed by atoms with van der Waals surface area (Å²) in [5, 5.41) is 3.25. The largest absolute Gasteiger partial charge is 0.355 e. The lowest BCUT2D eigenvalue weighted by atomic mass is 10.3. The zero-order chi connectivity index (χ0) is 12.1. The van der Waals surface area contributed by atoms with Gasteiger partial charge in [0.15, 0.2) is 0 Å². The van der Waals surface area contributed by atoms with E-state index in [0.717, 1.165) is 37.8 Å². The Hall–Kier alpha value is -0.970. The Morgan fingerprint density at radius 1 is 1.41 bits per heavy atom. The van der Waals surface area contributed by atoms with Crippen molar-refractivity contribution in [3.63, 3.8) is 0 Å². The Balaban J connectivity index is 2.13. The van der Waals surface area contributed by atoms with E-state index in [2.05, 4.69) is 34.0 Å². The van der Waals surface area contributed by atoms with Crippen molar-refractivity contribution < 1.29 is 0 Å². The molecule has 2 rings (SSSR count). The lowest BCUT2D eigenvalue weighted by molar-refractivity contribution is 0.827. The molecule has 1 aliphatic heterocycles. The molecule has 1 aromatic heterocycles. The summed E-state index contributed by atoms with van der Waals surface area (Å²) in [6.45, 7) is 7.34. The molecular formula is C12H20N4S. The second kappa shape index (κ2) is 6.10. The third kappa shape index (κ3) is 3.25. The second-order valence-electron chi connectivity index (χ2n) is 4.23. The first-order valence-electron chi connectivity index (χ1n) is 6.21. The van der Waals surface area contributed by atoms with E-state index in [0.29, 0.717) is 0 Å². The molecule has 17 heavy (non-hydrogen) atoms. The number of rotatable bonds is 4. The first kappa shape index (κ1) is 12.5. The highest BCUT2D eigenvalue weighted by Crippen LogP contribution is 2.21. The van der Waals surface area contributed by atoms with Gasteiger partial charge in [-0.3, -0.25) is 0 Å². The van der Waals surface area contributed by atoms with Crippen molar-refractivity contribution >= 4 is 23.5 Å². The van der Waals surface area contributed by atoms with Gasteiger partial charge < -0.3 is 10.2 Å². The van der Waals surface area contributed by atoms with Gasteiger partial charge in [-0.25, -0.2) is 4.98 Å². The van der Waals surface area contributed by atoms with E-state index < -0.39 is 0 Å². The molecule has 2 heterocycles. The molecule has 1 N–H and O–H groups in total. The molecule has 1 fully saturated rings. The van der Waals surface area contributed by atoms with E-state index in [1.54, 1.807) is 0 Å². The number of hydrogen-bond donors (Lipinski definition) is 1. The van der Waals surface area contributed by atoms with E-state index in [1.807, 2.05) is 18.0 Å². The summed E-state index contributed by atoms with van der Waals surface area (Å²) < 4.78 is 0. The molecule has 0 amide bonds.